The molecular formula is C21H31N3O4S. The second kappa shape index (κ2) is 8.36. The number of hydrogen-bond donors (Lipinski definition) is 0. The zero-order chi connectivity index (χ0) is 21.3. The third-order valence-corrected chi connectivity index (χ3v) is 7.49. The molecule has 1 aromatic carbocycles. The van der Waals surface area contributed by atoms with Crippen LogP contribution in [0.1, 0.15) is 40.5 Å². The highest BCUT2D eigenvalue weighted by molar-refractivity contribution is 7.91. The molecule has 29 heavy (non-hydrogen) atoms. The number of benzene rings is 1. The Morgan fingerprint density at radius 3 is 2.38 bits per heavy atom. The smallest absolute Gasteiger partial charge is 0.161 e. The van der Waals surface area contributed by atoms with E-state index in [4.69, 9.17) is 9.47 Å². The molecule has 2 heterocycles. The Morgan fingerprint density at radius 2 is 1.79 bits per heavy atom. The Bertz CT molecular complexity index is 998. The first-order valence-electron chi connectivity index (χ1n) is 9.80. The summed E-state index contributed by atoms with van der Waals surface area (Å²) in [7, 11) is 2.42. The largest absolute Gasteiger partial charge is 0.493 e. The highest BCUT2D eigenvalue weighted by atomic mass is 32.2. The second-order valence-electron chi connectivity index (χ2n) is 7.96. The van der Waals surface area contributed by atoms with Crippen LogP contribution in [0.15, 0.2) is 12.1 Å². The van der Waals surface area contributed by atoms with Gasteiger partial charge in [0.05, 0.1) is 37.5 Å². The fourth-order valence-corrected chi connectivity index (χ4v) is 5.75. The summed E-state index contributed by atoms with van der Waals surface area (Å²) >= 11 is 0. The minimum atomic E-state index is -2.94. The van der Waals surface area contributed by atoms with Crippen LogP contribution in [0.5, 0.6) is 11.5 Å². The van der Waals surface area contributed by atoms with Crippen LogP contribution >= 0.6 is 0 Å². The maximum Gasteiger partial charge on any atom is 0.161 e. The maximum absolute atomic E-state index is 11.9. The van der Waals surface area contributed by atoms with Crippen molar-refractivity contribution in [3.63, 3.8) is 0 Å². The van der Waals surface area contributed by atoms with Gasteiger partial charge in [-0.05, 0) is 57.5 Å². The third-order valence-electron chi connectivity index (χ3n) is 5.74. The Kier molecular flexibility index (Phi) is 6.24. The van der Waals surface area contributed by atoms with Crippen molar-refractivity contribution in [3.05, 3.63) is 40.2 Å². The van der Waals surface area contributed by atoms with E-state index in [9.17, 15) is 8.42 Å². The molecule has 7 nitrogen and oxygen atoms in total. The molecule has 0 amide bonds. The Morgan fingerprint density at radius 1 is 1.14 bits per heavy atom. The fraction of sp³-hybridized carbons (Fsp3) is 0.571. The number of aryl methyl sites for hydroxylation is 2. The summed E-state index contributed by atoms with van der Waals surface area (Å²) in [5.41, 5.74) is 5.50. The number of hydrogen-bond acceptors (Lipinski definition) is 6. The van der Waals surface area contributed by atoms with Gasteiger partial charge in [0.25, 0.3) is 0 Å². The quantitative estimate of drug-likeness (QED) is 0.684. The Labute approximate surface area is 173 Å². The molecule has 2 aromatic rings. The van der Waals surface area contributed by atoms with Gasteiger partial charge in [-0.3, -0.25) is 9.58 Å². The first kappa shape index (κ1) is 21.6. The predicted molar refractivity (Wildman–Crippen MR) is 113 cm³/mol. The van der Waals surface area contributed by atoms with Crippen LogP contribution in [0.3, 0.4) is 0 Å². The van der Waals surface area contributed by atoms with Crippen molar-refractivity contribution in [1.29, 1.82) is 0 Å². The normalized spacial score (nSPS) is 18.4. The SMILES string of the molecule is COc1cc(C)c(CN(C)Cc2c(C)nn([C@H]3CCS(=O)(=O)C3)c2C)cc1OC. The van der Waals surface area contributed by atoms with E-state index >= 15 is 0 Å². The van der Waals surface area contributed by atoms with E-state index < -0.39 is 9.84 Å². The molecule has 8 heteroatoms. The van der Waals surface area contributed by atoms with Gasteiger partial charge in [-0.25, -0.2) is 8.42 Å². The monoisotopic (exact) mass is 421 g/mol. The molecule has 0 bridgehead atoms. The molecule has 0 aliphatic carbocycles. The molecule has 1 fully saturated rings. The molecule has 0 saturated carbocycles. The van der Waals surface area contributed by atoms with Crippen LogP contribution < -0.4 is 9.47 Å². The second-order valence-corrected chi connectivity index (χ2v) is 10.2. The number of rotatable bonds is 7. The van der Waals surface area contributed by atoms with Gasteiger partial charge in [-0.15, -0.1) is 0 Å². The average molecular weight is 422 g/mol. The van der Waals surface area contributed by atoms with E-state index in [1.165, 1.54) is 5.56 Å². The summed E-state index contributed by atoms with van der Waals surface area (Å²) in [6.07, 6.45) is 0.643. The molecule has 0 spiro atoms. The lowest BCUT2D eigenvalue weighted by Crippen LogP contribution is -2.19. The summed E-state index contributed by atoms with van der Waals surface area (Å²) in [6.45, 7) is 7.60. The number of aromatic nitrogens is 2. The van der Waals surface area contributed by atoms with Crippen LogP contribution in [0, 0.1) is 20.8 Å². The standard InChI is InChI=1S/C21H31N3O4S/c1-14-9-20(27-5)21(28-6)10-17(14)11-23(4)12-19-15(2)22-24(16(19)3)18-7-8-29(25,26)13-18/h9-10,18H,7-8,11-13H2,1-6H3/t18-/m0/s1. The van der Waals surface area contributed by atoms with Gasteiger partial charge in [0.1, 0.15) is 0 Å². The van der Waals surface area contributed by atoms with Gasteiger partial charge in [-0.2, -0.15) is 5.10 Å². The Balaban J connectivity index is 1.77. The summed E-state index contributed by atoms with van der Waals surface area (Å²) in [5.74, 6) is 1.90. The molecule has 1 aliphatic rings. The van der Waals surface area contributed by atoms with Crippen molar-refractivity contribution in [2.24, 2.45) is 0 Å². The molecule has 1 aromatic heterocycles. The van der Waals surface area contributed by atoms with Crippen LogP contribution in [-0.2, 0) is 22.9 Å². The van der Waals surface area contributed by atoms with Crippen molar-refractivity contribution < 1.29 is 17.9 Å². The highest BCUT2D eigenvalue weighted by Gasteiger charge is 2.31. The lowest BCUT2D eigenvalue weighted by atomic mass is 10.1. The zero-order valence-electron chi connectivity index (χ0n) is 18.2. The highest BCUT2D eigenvalue weighted by Crippen LogP contribution is 2.31. The molecule has 1 atom stereocenters. The molecule has 0 radical (unpaired) electrons. The van der Waals surface area contributed by atoms with E-state index in [2.05, 4.69) is 24.0 Å². The lowest BCUT2D eigenvalue weighted by molar-refractivity contribution is 0.314. The minimum absolute atomic E-state index is 0.0501. The molecule has 0 N–H and O–H groups in total. The van der Waals surface area contributed by atoms with Crippen LogP contribution in [0.25, 0.3) is 0 Å². The van der Waals surface area contributed by atoms with Gasteiger partial charge < -0.3 is 9.47 Å². The number of methoxy groups -OCH3 is 2. The molecule has 0 unspecified atom stereocenters. The summed E-state index contributed by atoms with van der Waals surface area (Å²) < 4.78 is 36.5. The molecule has 160 valence electrons. The van der Waals surface area contributed by atoms with E-state index in [0.29, 0.717) is 6.42 Å². The first-order chi connectivity index (χ1) is 13.6. The van der Waals surface area contributed by atoms with E-state index in [0.717, 1.165) is 47.1 Å². The first-order valence-corrected chi connectivity index (χ1v) is 11.6. The molecule has 1 aliphatic heterocycles. The third kappa shape index (κ3) is 4.59. The predicted octanol–water partition coefficient (Wildman–Crippen LogP) is 2.82. The van der Waals surface area contributed by atoms with Crippen molar-refractivity contribution in [2.75, 3.05) is 32.8 Å². The maximum atomic E-state index is 11.9. The van der Waals surface area contributed by atoms with E-state index in [1.54, 1.807) is 14.2 Å². The summed E-state index contributed by atoms with van der Waals surface area (Å²) in [6, 6.07) is 3.97. The molecular weight excluding hydrogens is 390 g/mol. The van der Waals surface area contributed by atoms with Crippen LogP contribution in [0.2, 0.25) is 0 Å². The van der Waals surface area contributed by atoms with Gasteiger partial charge in [0.2, 0.25) is 0 Å². The van der Waals surface area contributed by atoms with Gasteiger partial charge in [-0.1, -0.05) is 0 Å². The van der Waals surface area contributed by atoms with Crippen LogP contribution in [0.4, 0.5) is 0 Å². The van der Waals surface area contributed by atoms with Crippen molar-refractivity contribution in [3.8, 4) is 11.5 Å². The molecule has 3 rings (SSSR count). The van der Waals surface area contributed by atoms with Gasteiger partial charge in [0.15, 0.2) is 21.3 Å². The van der Waals surface area contributed by atoms with E-state index in [1.807, 2.05) is 30.7 Å². The van der Waals surface area contributed by atoms with Gasteiger partial charge in [0, 0.05) is 24.3 Å². The summed E-state index contributed by atoms with van der Waals surface area (Å²) in [5, 5.41) is 4.67. The molecule has 1 saturated heterocycles. The number of ether oxygens (including phenoxy) is 2. The van der Waals surface area contributed by atoms with E-state index in [-0.39, 0.29) is 17.5 Å². The lowest BCUT2D eigenvalue weighted by Gasteiger charge is -2.20. The zero-order valence-corrected chi connectivity index (χ0v) is 19.0. The fourth-order valence-electron chi connectivity index (χ4n) is 4.06. The average Bonchev–Trinajstić information content (AvgIpc) is 3.16. The van der Waals surface area contributed by atoms with Crippen molar-refractivity contribution in [1.82, 2.24) is 14.7 Å². The number of sulfone groups is 1. The van der Waals surface area contributed by atoms with Crippen molar-refractivity contribution >= 4 is 9.84 Å². The number of nitrogens with zero attached hydrogens (tertiary/aromatic N) is 3. The van der Waals surface area contributed by atoms with Crippen LogP contribution in [-0.4, -0.2) is 55.9 Å². The Hall–Kier alpha value is -2.06. The van der Waals surface area contributed by atoms with Crippen molar-refractivity contribution in [2.45, 2.75) is 46.3 Å². The summed E-state index contributed by atoms with van der Waals surface area (Å²) in [4.78, 5) is 2.24. The topological polar surface area (TPSA) is 73.7 Å². The van der Waals surface area contributed by atoms with Gasteiger partial charge >= 0.3 is 0 Å². The minimum Gasteiger partial charge on any atom is -0.493 e.